The molecule has 0 bridgehead atoms. The summed E-state index contributed by atoms with van der Waals surface area (Å²) in [7, 11) is 0. The molecule has 3 rings (SSSR count). The molecule has 3 heterocycles. The molecular weight excluding hydrogens is 254 g/mol. The molecule has 84 valence electrons. The van der Waals surface area contributed by atoms with Gasteiger partial charge in [-0.2, -0.15) is 0 Å². The average Bonchev–Trinajstić information content (AvgIpc) is 2.96. The van der Waals surface area contributed by atoms with Gasteiger partial charge in [-0.15, -0.1) is 11.3 Å². The van der Waals surface area contributed by atoms with E-state index in [-0.39, 0.29) is 0 Å². The van der Waals surface area contributed by atoms with Gasteiger partial charge in [0.15, 0.2) is 10.6 Å². The second-order valence-electron chi connectivity index (χ2n) is 3.25. The van der Waals surface area contributed by atoms with Crippen LogP contribution in [0.3, 0.4) is 0 Å². The van der Waals surface area contributed by atoms with Crippen molar-refractivity contribution < 1.29 is 4.79 Å². The van der Waals surface area contributed by atoms with Crippen molar-refractivity contribution in [2.24, 2.45) is 0 Å². The molecule has 3 aromatic rings. The molecule has 6 heteroatoms. The van der Waals surface area contributed by atoms with Crippen LogP contribution in [0.1, 0.15) is 10.5 Å². The third-order valence-electron chi connectivity index (χ3n) is 2.24. The van der Waals surface area contributed by atoms with Gasteiger partial charge in [0, 0.05) is 17.8 Å². The summed E-state index contributed by atoms with van der Waals surface area (Å²) >= 11 is 2.95. The first-order chi connectivity index (χ1) is 8.38. The Morgan fingerprint density at radius 1 is 1.41 bits per heavy atom. The van der Waals surface area contributed by atoms with E-state index in [1.165, 1.54) is 23.1 Å². The highest BCUT2D eigenvalue weighted by Gasteiger charge is 2.13. The molecule has 0 saturated carbocycles. The van der Waals surface area contributed by atoms with Crippen LogP contribution < -0.4 is 0 Å². The van der Waals surface area contributed by atoms with Gasteiger partial charge >= 0.3 is 0 Å². The fourth-order valence-electron chi connectivity index (χ4n) is 1.52. The predicted octanol–water partition coefficient (Wildman–Crippen LogP) is 2.75. The highest BCUT2D eigenvalue weighted by molar-refractivity contribution is 8.01. The van der Waals surface area contributed by atoms with Gasteiger partial charge in [0.25, 0.3) is 0 Å². The zero-order valence-electron chi connectivity index (χ0n) is 8.61. The number of hydrogen-bond acceptors (Lipinski definition) is 5. The molecule has 0 aliphatic carbocycles. The molecule has 0 unspecified atom stereocenters. The van der Waals surface area contributed by atoms with Crippen molar-refractivity contribution in [1.29, 1.82) is 0 Å². The average molecular weight is 261 g/mol. The summed E-state index contributed by atoms with van der Waals surface area (Å²) in [5, 5.41) is 2.60. The van der Waals surface area contributed by atoms with Crippen LogP contribution >= 0.6 is 23.1 Å². The predicted molar refractivity (Wildman–Crippen MR) is 66.8 cm³/mol. The number of fused-ring (bicyclic) bond motifs is 1. The lowest BCUT2D eigenvalue weighted by Gasteiger charge is -1.94. The van der Waals surface area contributed by atoms with Gasteiger partial charge in [0.2, 0.25) is 0 Å². The Hall–Kier alpha value is -1.66. The number of rotatable bonds is 3. The Labute approximate surface area is 105 Å². The Morgan fingerprint density at radius 3 is 3.12 bits per heavy atom. The Bertz CT molecular complexity index is 660. The van der Waals surface area contributed by atoms with Crippen LogP contribution in [0.2, 0.25) is 0 Å². The first kappa shape index (κ1) is 10.5. The Morgan fingerprint density at radius 2 is 2.35 bits per heavy atom. The fourth-order valence-corrected chi connectivity index (χ4v) is 3.14. The lowest BCUT2D eigenvalue weighted by atomic mass is 10.4. The molecule has 0 fully saturated rings. The second-order valence-corrected chi connectivity index (χ2v) is 5.38. The number of hydrogen-bond donors (Lipinski definition) is 0. The number of aldehydes is 1. The van der Waals surface area contributed by atoms with E-state index in [0.717, 1.165) is 16.3 Å². The fraction of sp³-hybridized carbons (Fsp3) is 0. The quantitative estimate of drug-likeness (QED) is 0.680. The SMILES string of the molecule is O=Cc1c(Sc2nccs2)nc2ccccn12. The molecule has 0 aromatic carbocycles. The van der Waals surface area contributed by atoms with Crippen LogP contribution in [0.25, 0.3) is 5.65 Å². The Kier molecular flexibility index (Phi) is 2.66. The van der Waals surface area contributed by atoms with Crippen LogP contribution in [0, 0.1) is 0 Å². The zero-order valence-corrected chi connectivity index (χ0v) is 10.2. The van der Waals surface area contributed by atoms with E-state index >= 15 is 0 Å². The van der Waals surface area contributed by atoms with Crippen molar-refractivity contribution in [3.05, 3.63) is 41.7 Å². The normalized spacial score (nSPS) is 10.8. The van der Waals surface area contributed by atoms with Gasteiger partial charge in [-0.05, 0) is 23.9 Å². The van der Waals surface area contributed by atoms with E-state index in [1.54, 1.807) is 10.6 Å². The third kappa shape index (κ3) is 1.85. The molecule has 4 nitrogen and oxygen atoms in total. The summed E-state index contributed by atoms with van der Waals surface area (Å²) in [4.78, 5) is 19.7. The standard InChI is InChI=1S/C11H7N3OS2/c15-7-8-10(17-11-12-4-6-16-11)13-9-3-1-2-5-14(8)9/h1-7H. The number of pyridine rings is 1. The third-order valence-corrected chi connectivity index (χ3v) is 4.12. The van der Waals surface area contributed by atoms with Gasteiger partial charge < -0.3 is 0 Å². The maximum Gasteiger partial charge on any atom is 0.169 e. The summed E-state index contributed by atoms with van der Waals surface area (Å²) in [6.45, 7) is 0. The van der Waals surface area contributed by atoms with Crippen LogP contribution in [-0.2, 0) is 0 Å². The van der Waals surface area contributed by atoms with Gasteiger partial charge in [-0.1, -0.05) is 6.07 Å². The molecule has 3 aromatic heterocycles. The summed E-state index contributed by atoms with van der Waals surface area (Å²) in [5.41, 5.74) is 1.34. The topological polar surface area (TPSA) is 47.3 Å². The smallest absolute Gasteiger partial charge is 0.169 e. The van der Waals surface area contributed by atoms with Crippen LogP contribution in [0.4, 0.5) is 0 Å². The first-order valence-electron chi connectivity index (χ1n) is 4.88. The Balaban J connectivity index is 2.12. The molecule has 0 N–H and O–H groups in total. The molecule has 0 aliphatic rings. The lowest BCUT2D eigenvalue weighted by Crippen LogP contribution is -1.90. The van der Waals surface area contributed by atoms with Crippen LogP contribution in [0.5, 0.6) is 0 Å². The first-order valence-corrected chi connectivity index (χ1v) is 6.58. The molecule has 17 heavy (non-hydrogen) atoms. The number of carbonyl (C=O) groups excluding carboxylic acids is 1. The van der Waals surface area contributed by atoms with Crippen molar-refractivity contribution in [3.8, 4) is 0 Å². The highest BCUT2D eigenvalue weighted by atomic mass is 32.2. The van der Waals surface area contributed by atoms with Gasteiger partial charge in [-0.3, -0.25) is 9.20 Å². The van der Waals surface area contributed by atoms with Gasteiger partial charge in [-0.25, -0.2) is 9.97 Å². The summed E-state index contributed by atoms with van der Waals surface area (Å²) in [5.74, 6) is 0. The highest BCUT2D eigenvalue weighted by Crippen LogP contribution is 2.30. The molecule has 0 aliphatic heterocycles. The van der Waals surface area contributed by atoms with E-state index in [1.807, 2.05) is 29.8 Å². The minimum atomic E-state index is 0.570. The number of aromatic nitrogens is 3. The van der Waals surface area contributed by atoms with Crippen molar-refractivity contribution in [3.63, 3.8) is 0 Å². The van der Waals surface area contributed by atoms with Crippen LogP contribution in [0.15, 0.2) is 45.3 Å². The number of carbonyl (C=O) groups is 1. The monoisotopic (exact) mass is 261 g/mol. The van der Waals surface area contributed by atoms with Crippen LogP contribution in [-0.4, -0.2) is 20.7 Å². The van der Waals surface area contributed by atoms with Crippen molar-refractivity contribution >= 4 is 35.0 Å². The maximum atomic E-state index is 11.1. The molecule has 0 spiro atoms. The number of imidazole rings is 1. The zero-order chi connectivity index (χ0) is 11.7. The molecule has 0 atom stereocenters. The van der Waals surface area contributed by atoms with E-state index in [0.29, 0.717) is 10.7 Å². The lowest BCUT2D eigenvalue weighted by molar-refractivity contribution is 0.111. The second kappa shape index (κ2) is 4.31. The van der Waals surface area contributed by atoms with E-state index in [4.69, 9.17) is 0 Å². The van der Waals surface area contributed by atoms with E-state index in [2.05, 4.69) is 9.97 Å². The summed E-state index contributed by atoms with van der Waals surface area (Å²) in [6, 6.07) is 5.65. The minimum Gasteiger partial charge on any atom is -0.296 e. The van der Waals surface area contributed by atoms with Gasteiger partial charge in [0.05, 0.1) is 0 Å². The molecule has 0 saturated heterocycles. The summed E-state index contributed by atoms with van der Waals surface area (Å²) in [6.07, 6.45) is 4.40. The minimum absolute atomic E-state index is 0.570. The van der Waals surface area contributed by atoms with Crippen molar-refractivity contribution in [2.45, 2.75) is 9.37 Å². The largest absolute Gasteiger partial charge is 0.296 e. The number of thiazole rings is 1. The van der Waals surface area contributed by atoms with Gasteiger partial charge in [0.1, 0.15) is 16.4 Å². The summed E-state index contributed by atoms with van der Waals surface area (Å²) < 4.78 is 2.67. The maximum absolute atomic E-state index is 11.1. The molecular formula is C11H7N3OS2. The molecule has 0 radical (unpaired) electrons. The molecule has 0 amide bonds. The van der Waals surface area contributed by atoms with Crippen molar-refractivity contribution in [1.82, 2.24) is 14.4 Å². The van der Waals surface area contributed by atoms with E-state index in [9.17, 15) is 4.79 Å². The number of nitrogens with zero attached hydrogens (tertiary/aromatic N) is 3. The van der Waals surface area contributed by atoms with Crippen molar-refractivity contribution in [2.75, 3.05) is 0 Å². The van der Waals surface area contributed by atoms with E-state index < -0.39 is 0 Å².